The third-order valence-electron chi connectivity index (χ3n) is 3.54. The molecule has 1 N–H and O–H groups in total. The Bertz CT molecular complexity index is 201. The minimum Gasteiger partial charge on any atom is -0.310 e. The maximum Gasteiger partial charge on any atom is 0.0238 e. The van der Waals surface area contributed by atoms with Gasteiger partial charge >= 0.3 is 0 Å². The first-order valence-electron chi connectivity index (χ1n) is 6.58. The second-order valence-electron chi connectivity index (χ2n) is 5.91. The van der Waals surface area contributed by atoms with Gasteiger partial charge < -0.3 is 10.2 Å². The maximum atomic E-state index is 3.61. The van der Waals surface area contributed by atoms with Crippen LogP contribution >= 0.6 is 0 Å². The van der Waals surface area contributed by atoms with E-state index in [1.807, 2.05) is 0 Å². The summed E-state index contributed by atoms with van der Waals surface area (Å²) in [6.07, 6.45) is 2.56. The average Bonchev–Trinajstić information content (AvgIpc) is 2.53. The van der Waals surface area contributed by atoms with Crippen molar-refractivity contribution in [2.75, 3.05) is 40.3 Å². The molecule has 0 radical (unpaired) electrons. The Hall–Kier alpha value is -0.120. The molecule has 3 heteroatoms. The molecule has 0 saturated carbocycles. The molecule has 1 unspecified atom stereocenters. The lowest BCUT2D eigenvalue weighted by Crippen LogP contribution is -2.38. The van der Waals surface area contributed by atoms with E-state index in [2.05, 4.69) is 50.0 Å². The first-order chi connectivity index (χ1) is 7.44. The fourth-order valence-electron chi connectivity index (χ4n) is 2.57. The fourth-order valence-corrected chi connectivity index (χ4v) is 2.57. The third kappa shape index (κ3) is 4.40. The highest BCUT2D eigenvalue weighted by Gasteiger charge is 2.32. The molecule has 0 aromatic heterocycles. The summed E-state index contributed by atoms with van der Waals surface area (Å²) in [6.45, 7) is 11.7. The molecule has 96 valence electrons. The quantitative estimate of drug-likeness (QED) is 0.740. The topological polar surface area (TPSA) is 18.5 Å². The Morgan fingerprint density at radius 3 is 2.38 bits per heavy atom. The lowest BCUT2D eigenvalue weighted by atomic mass is 10.0. The molecule has 1 fully saturated rings. The molecule has 1 rings (SSSR count). The second kappa shape index (κ2) is 5.99. The molecule has 1 aliphatic heterocycles. The SMILES string of the molecule is CCN(CCCN(C)C)C1CNC(C)(C)C1. The standard InChI is InChI=1S/C13H29N3/c1-6-16(9-7-8-15(4)5)12-10-13(2,3)14-11-12/h12,14H,6-11H2,1-5H3. The highest BCUT2D eigenvalue weighted by molar-refractivity contribution is 4.94. The zero-order chi connectivity index (χ0) is 12.2. The molecular formula is C13H29N3. The van der Waals surface area contributed by atoms with Gasteiger partial charge in [-0.05, 0) is 60.4 Å². The molecule has 0 aliphatic carbocycles. The number of hydrogen-bond acceptors (Lipinski definition) is 3. The number of hydrogen-bond donors (Lipinski definition) is 1. The lowest BCUT2D eigenvalue weighted by molar-refractivity contribution is 0.202. The van der Waals surface area contributed by atoms with Gasteiger partial charge in [0.05, 0.1) is 0 Å². The van der Waals surface area contributed by atoms with E-state index >= 15 is 0 Å². The Morgan fingerprint density at radius 1 is 1.25 bits per heavy atom. The van der Waals surface area contributed by atoms with Crippen LogP contribution in [0.2, 0.25) is 0 Å². The minimum absolute atomic E-state index is 0.333. The first kappa shape index (κ1) is 13.9. The molecule has 1 saturated heterocycles. The first-order valence-corrected chi connectivity index (χ1v) is 6.58. The zero-order valence-corrected chi connectivity index (χ0v) is 11.7. The molecule has 0 aromatic carbocycles. The Labute approximate surface area is 101 Å². The number of nitrogens with one attached hydrogen (secondary N) is 1. The summed E-state index contributed by atoms with van der Waals surface area (Å²) in [4.78, 5) is 4.90. The predicted octanol–water partition coefficient (Wildman–Crippen LogP) is 1.40. The van der Waals surface area contributed by atoms with Gasteiger partial charge in [-0.1, -0.05) is 6.92 Å². The van der Waals surface area contributed by atoms with Crippen LogP contribution in [-0.2, 0) is 0 Å². The van der Waals surface area contributed by atoms with Crippen molar-refractivity contribution in [1.29, 1.82) is 0 Å². The molecule has 1 atom stereocenters. The van der Waals surface area contributed by atoms with E-state index in [0.717, 1.165) is 12.6 Å². The van der Waals surface area contributed by atoms with Gasteiger partial charge in [0.2, 0.25) is 0 Å². The van der Waals surface area contributed by atoms with Crippen molar-refractivity contribution < 1.29 is 0 Å². The smallest absolute Gasteiger partial charge is 0.0238 e. The van der Waals surface area contributed by atoms with Gasteiger partial charge in [0.15, 0.2) is 0 Å². The van der Waals surface area contributed by atoms with Crippen LogP contribution in [0.1, 0.15) is 33.6 Å². The monoisotopic (exact) mass is 227 g/mol. The van der Waals surface area contributed by atoms with E-state index in [1.165, 1.54) is 32.5 Å². The largest absolute Gasteiger partial charge is 0.310 e. The van der Waals surface area contributed by atoms with Gasteiger partial charge in [-0.3, -0.25) is 4.90 Å². The molecule has 1 aliphatic rings. The van der Waals surface area contributed by atoms with E-state index < -0.39 is 0 Å². The van der Waals surface area contributed by atoms with Crippen molar-refractivity contribution in [2.45, 2.75) is 45.2 Å². The van der Waals surface area contributed by atoms with Gasteiger partial charge in [0.25, 0.3) is 0 Å². The molecule has 0 bridgehead atoms. The van der Waals surface area contributed by atoms with Crippen LogP contribution in [0.5, 0.6) is 0 Å². The summed E-state index contributed by atoms with van der Waals surface area (Å²) in [6, 6.07) is 0.738. The summed E-state index contributed by atoms with van der Waals surface area (Å²) < 4.78 is 0. The van der Waals surface area contributed by atoms with Gasteiger partial charge in [0.1, 0.15) is 0 Å². The van der Waals surface area contributed by atoms with Crippen LogP contribution in [0, 0.1) is 0 Å². The molecular weight excluding hydrogens is 198 g/mol. The molecule has 0 aromatic rings. The summed E-state index contributed by atoms with van der Waals surface area (Å²) in [5.41, 5.74) is 0.333. The molecule has 1 heterocycles. The van der Waals surface area contributed by atoms with Crippen molar-refractivity contribution in [2.24, 2.45) is 0 Å². The van der Waals surface area contributed by atoms with Gasteiger partial charge in [0, 0.05) is 18.1 Å². The molecule has 0 amide bonds. The van der Waals surface area contributed by atoms with Gasteiger partial charge in [-0.25, -0.2) is 0 Å². The Morgan fingerprint density at radius 2 is 1.94 bits per heavy atom. The molecule has 3 nitrogen and oxygen atoms in total. The van der Waals surface area contributed by atoms with E-state index in [9.17, 15) is 0 Å². The van der Waals surface area contributed by atoms with E-state index in [4.69, 9.17) is 0 Å². The van der Waals surface area contributed by atoms with Crippen LogP contribution in [0.3, 0.4) is 0 Å². The zero-order valence-electron chi connectivity index (χ0n) is 11.7. The normalized spacial score (nSPS) is 24.6. The van der Waals surface area contributed by atoms with Crippen molar-refractivity contribution >= 4 is 0 Å². The second-order valence-corrected chi connectivity index (χ2v) is 5.91. The van der Waals surface area contributed by atoms with E-state index in [-0.39, 0.29) is 0 Å². The maximum absolute atomic E-state index is 3.61. The molecule has 16 heavy (non-hydrogen) atoms. The summed E-state index contributed by atoms with van der Waals surface area (Å²) in [5, 5.41) is 3.61. The van der Waals surface area contributed by atoms with Crippen LogP contribution in [0.25, 0.3) is 0 Å². The van der Waals surface area contributed by atoms with E-state index in [0.29, 0.717) is 5.54 Å². The molecule has 0 spiro atoms. The highest BCUT2D eigenvalue weighted by atomic mass is 15.2. The van der Waals surface area contributed by atoms with Gasteiger partial charge in [-0.15, -0.1) is 0 Å². The van der Waals surface area contributed by atoms with Crippen molar-refractivity contribution in [1.82, 2.24) is 15.1 Å². The van der Waals surface area contributed by atoms with Crippen LogP contribution in [0.4, 0.5) is 0 Å². The van der Waals surface area contributed by atoms with Crippen molar-refractivity contribution in [3.63, 3.8) is 0 Å². The van der Waals surface area contributed by atoms with Crippen LogP contribution in [-0.4, -0.2) is 61.7 Å². The summed E-state index contributed by atoms with van der Waals surface area (Å²) in [5.74, 6) is 0. The van der Waals surface area contributed by atoms with Crippen LogP contribution < -0.4 is 5.32 Å². The average molecular weight is 227 g/mol. The number of likely N-dealkylation sites (N-methyl/N-ethyl adjacent to an activating group) is 1. The van der Waals surface area contributed by atoms with Gasteiger partial charge in [-0.2, -0.15) is 0 Å². The predicted molar refractivity (Wildman–Crippen MR) is 70.9 cm³/mol. The fraction of sp³-hybridized carbons (Fsp3) is 1.00. The minimum atomic E-state index is 0.333. The third-order valence-corrected chi connectivity index (χ3v) is 3.54. The lowest BCUT2D eigenvalue weighted by Gasteiger charge is -2.28. The Kier molecular flexibility index (Phi) is 5.22. The highest BCUT2D eigenvalue weighted by Crippen LogP contribution is 2.22. The van der Waals surface area contributed by atoms with Crippen LogP contribution in [0.15, 0.2) is 0 Å². The van der Waals surface area contributed by atoms with Crippen molar-refractivity contribution in [3.8, 4) is 0 Å². The summed E-state index contributed by atoms with van der Waals surface area (Å²) >= 11 is 0. The summed E-state index contributed by atoms with van der Waals surface area (Å²) in [7, 11) is 4.30. The van der Waals surface area contributed by atoms with E-state index in [1.54, 1.807) is 0 Å². The van der Waals surface area contributed by atoms with Crippen molar-refractivity contribution in [3.05, 3.63) is 0 Å². The Balaban J connectivity index is 2.31. The number of nitrogens with zero attached hydrogens (tertiary/aromatic N) is 2. The number of rotatable bonds is 6.